The third kappa shape index (κ3) is 3.64. The summed E-state index contributed by atoms with van der Waals surface area (Å²) in [5, 5.41) is 11.1. The van der Waals surface area contributed by atoms with Crippen molar-refractivity contribution in [1.29, 1.82) is 0 Å². The number of nitro benzene ring substituents is 1. The van der Waals surface area contributed by atoms with E-state index < -0.39 is 16.6 Å². The standard InChI is InChI=1S/C14H17ClN2O4/c1-14(2,3)21-13(18)16-5-4-9-6-11(15)12(17(19)20)7-10(9)8-16/h6-7H,4-5,8H2,1-3H3. The van der Waals surface area contributed by atoms with E-state index in [4.69, 9.17) is 16.3 Å². The summed E-state index contributed by atoms with van der Waals surface area (Å²) in [5.74, 6) is 0. The Hall–Kier alpha value is -1.82. The summed E-state index contributed by atoms with van der Waals surface area (Å²) in [6.45, 7) is 6.20. The van der Waals surface area contributed by atoms with E-state index in [1.54, 1.807) is 31.7 Å². The van der Waals surface area contributed by atoms with Crippen LogP contribution in [0.1, 0.15) is 31.9 Å². The minimum Gasteiger partial charge on any atom is -0.444 e. The Bertz CT molecular complexity index is 595. The van der Waals surface area contributed by atoms with Gasteiger partial charge in [0.15, 0.2) is 0 Å². The van der Waals surface area contributed by atoms with E-state index in [9.17, 15) is 14.9 Å². The van der Waals surface area contributed by atoms with Crippen LogP contribution in [0.15, 0.2) is 12.1 Å². The van der Waals surface area contributed by atoms with Crippen LogP contribution in [0.4, 0.5) is 10.5 Å². The van der Waals surface area contributed by atoms with Crippen LogP contribution in [0.3, 0.4) is 0 Å². The van der Waals surface area contributed by atoms with Crippen molar-refractivity contribution in [3.8, 4) is 0 Å². The Morgan fingerprint density at radius 1 is 1.38 bits per heavy atom. The van der Waals surface area contributed by atoms with E-state index in [1.165, 1.54) is 6.07 Å². The van der Waals surface area contributed by atoms with Crippen molar-refractivity contribution >= 4 is 23.4 Å². The summed E-state index contributed by atoms with van der Waals surface area (Å²) >= 11 is 5.90. The number of amides is 1. The van der Waals surface area contributed by atoms with Gasteiger partial charge in [-0.1, -0.05) is 11.6 Å². The quantitative estimate of drug-likeness (QED) is 0.587. The molecule has 0 N–H and O–H groups in total. The first kappa shape index (κ1) is 15.6. The van der Waals surface area contributed by atoms with Gasteiger partial charge in [0, 0.05) is 19.2 Å². The molecule has 1 aromatic rings. The average Bonchev–Trinajstić information content (AvgIpc) is 2.35. The van der Waals surface area contributed by atoms with Gasteiger partial charge in [-0.15, -0.1) is 0 Å². The second-order valence-corrected chi connectivity index (χ2v) is 6.39. The van der Waals surface area contributed by atoms with E-state index >= 15 is 0 Å². The van der Waals surface area contributed by atoms with Gasteiger partial charge in [-0.3, -0.25) is 10.1 Å². The van der Waals surface area contributed by atoms with Crippen LogP contribution in [0.5, 0.6) is 0 Å². The summed E-state index contributed by atoms with van der Waals surface area (Å²) < 4.78 is 5.32. The molecule has 1 heterocycles. The maximum atomic E-state index is 12.1. The first-order valence-electron chi connectivity index (χ1n) is 6.61. The van der Waals surface area contributed by atoms with Crippen molar-refractivity contribution in [2.75, 3.05) is 6.54 Å². The van der Waals surface area contributed by atoms with Crippen LogP contribution in [-0.2, 0) is 17.7 Å². The fraction of sp³-hybridized carbons (Fsp3) is 0.500. The lowest BCUT2D eigenvalue weighted by Gasteiger charge is -2.31. The number of ether oxygens (including phenoxy) is 1. The van der Waals surface area contributed by atoms with Crippen molar-refractivity contribution < 1.29 is 14.5 Å². The van der Waals surface area contributed by atoms with Gasteiger partial charge in [0.1, 0.15) is 10.6 Å². The first-order valence-corrected chi connectivity index (χ1v) is 6.99. The summed E-state index contributed by atoms with van der Waals surface area (Å²) in [6, 6.07) is 3.05. The minimum atomic E-state index is -0.566. The number of benzene rings is 1. The molecule has 0 bridgehead atoms. The molecule has 1 aliphatic heterocycles. The highest BCUT2D eigenvalue weighted by molar-refractivity contribution is 6.32. The predicted octanol–water partition coefficient (Wildman–Crippen LogP) is 3.54. The second kappa shape index (κ2) is 5.52. The van der Waals surface area contributed by atoms with Crippen molar-refractivity contribution in [1.82, 2.24) is 4.90 Å². The van der Waals surface area contributed by atoms with Crippen LogP contribution in [0.2, 0.25) is 5.02 Å². The number of hydrogen-bond donors (Lipinski definition) is 0. The molecule has 0 atom stereocenters. The van der Waals surface area contributed by atoms with Gasteiger partial charge in [0.25, 0.3) is 5.69 Å². The zero-order valence-electron chi connectivity index (χ0n) is 12.2. The zero-order chi connectivity index (χ0) is 15.8. The lowest BCUT2D eigenvalue weighted by Crippen LogP contribution is -2.39. The molecule has 2 rings (SSSR count). The molecule has 0 aromatic heterocycles. The van der Waals surface area contributed by atoms with Crippen molar-refractivity contribution in [2.45, 2.75) is 39.3 Å². The number of hydrogen-bond acceptors (Lipinski definition) is 4. The number of nitrogens with zero attached hydrogens (tertiary/aromatic N) is 2. The highest BCUT2D eigenvalue weighted by atomic mass is 35.5. The molecule has 1 aromatic carbocycles. The Kier molecular flexibility index (Phi) is 4.09. The molecule has 0 spiro atoms. The molecule has 21 heavy (non-hydrogen) atoms. The number of fused-ring (bicyclic) bond motifs is 1. The summed E-state index contributed by atoms with van der Waals surface area (Å²) in [7, 11) is 0. The number of nitro groups is 1. The number of halogens is 1. The van der Waals surface area contributed by atoms with Crippen LogP contribution >= 0.6 is 11.6 Å². The molecule has 0 fully saturated rings. The lowest BCUT2D eigenvalue weighted by atomic mass is 9.99. The van der Waals surface area contributed by atoms with E-state index in [0.717, 1.165) is 11.1 Å². The summed E-state index contributed by atoms with van der Waals surface area (Å²) in [5.41, 5.74) is 0.971. The van der Waals surface area contributed by atoms with Gasteiger partial charge >= 0.3 is 6.09 Å². The summed E-state index contributed by atoms with van der Waals surface area (Å²) in [4.78, 5) is 24.0. The van der Waals surface area contributed by atoms with Gasteiger partial charge in [-0.05, 0) is 44.4 Å². The van der Waals surface area contributed by atoms with Crippen LogP contribution < -0.4 is 0 Å². The van der Waals surface area contributed by atoms with Gasteiger partial charge < -0.3 is 9.64 Å². The molecular weight excluding hydrogens is 296 g/mol. The molecule has 0 saturated carbocycles. The number of carbonyl (C=O) groups excluding carboxylic acids is 1. The Morgan fingerprint density at radius 2 is 2.05 bits per heavy atom. The van der Waals surface area contributed by atoms with Crippen LogP contribution in [-0.4, -0.2) is 28.1 Å². The molecule has 1 amide bonds. The van der Waals surface area contributed by atoms with Crippen molar-refractivity contribution in [3.63, 3.8) is 0 Å². The molecule has 6 nitrogen and oxygen atoms in total. The molecule has 7 heteroatoms. The van der Waals surface area contributed by atoms with Crippen molar-refractivity contribution in [3.05, 3.63) is 38.4 Å². The normalized spacial score (nSPS) is 14.6. The zero-order valence-corrected chi connectivity index (χ0v) is 12.9. The van der Waals surface area contributed by atoms with Gasteiger partial charge in [0.05, 0.1) is 4.92 Å². The molecule has 1 aliphatic rings. The first-order chi connectivity index (χ1) is 9.67. The van der Waals surface area contributed by atoms with Gasteiger partial charge in [0.2, 0.25) is 0 Å². The number of rotatable bonds is 1. The third-order valence-corrected chi connectivity index (χ3v) is 3.43. The SMILES string of the molecule is CC(C)(C)OC(=O)N1CCc2cc(Cl)c([N+](=O)[O-])cc2C1. The molecule has 0 saturated heterocycles. The van der Waals surface area contributed by atoms with E-state index in [-0.39, 0.29) is 10.7 Å². The largest absolute Gasteiger partial charge is 0.444 e. The Morgan fingerprint density at radius 3 is 2.62 bits per heavy atom. The lowest BCUT2D eigenvalue weighted by molar-refractivity contribution is -0.384. The summed E-state index contributed by atoms with van der Waals surface area (Å²) in [6.07, 6.45) is 0.192. The topological polar surface area (TPSA) is 72.7 Å². The Balaban J connectivity index is 2.22. The number of carbonyl (C=O) groups is 1. The highest BCUT2D eigenvalue weighted by Gasteiger charge is 2.27. The van der Waals surface area contributed by atoms with Gasteiger partial charge in [-0.25, -0.2) is 4.79 Å². The van der Waals surface area contributed by atoms with E-state index in [0.29, 0.717) is 19.5 Å². The van der Waals surface area contributed by atoms with Gasteiger partial charge in [-0.2, -0.15) is 0 Å². The Labute approximate surface area is 127 Å². The maximum absolute atomic E-state index is 12.1. The van der Waals surface area contributed by atoms with E-state index in [1.807, 2.05) is 0 Å². The maximum Gasteiger partial charge on any atom is 0.410 e. The van der Waals surface area contributed by atoms with Crippen molar-refractivity contribution in [2.24, 2.45) is 0 Å². The highest BCUT2D eigenvalue weighted by Crippen LogP contribution is 2.31. The molecular formula is C14H17ClN2O4. The minimum absolute atomic E-state index is 0.129. The molecule has 0 radical (unpaired) electrons. The molecule has 0 unspecified atom stereocenters. The second-order valence-electron chi connectivity index (χ2n) is 5.98. The predicted molar refractivity (Wildman–Crippen MR) is 78.5 cm³/mol. The van der Waals surface area contributed by atoms with Crippen LogP contribution in [0.25, 0.3) is 0 Å². The smallest absolute Gasteiger partial charge is 0.410 e. The average molecular weight is 313 g/mol. The fourth-order valence-electron chi connectivity index (χ4n) is 2.19. The monoisotopic (exact) mass is 312 g/mol. The van der Waals surface area contributed by atoms with E-state index in [2.05, 4.69) is 0 Å². The van der Waals surface area contributed by atoms with Crippen LogP contribution in [0, 0.1) is 10.1 Å². The third-order valence-electron chi connectivity index (χ3n) is 3.13. The fourth-order valence-corrected chi connectivity index (χ4v) is 2.44. The molecule has 0 aliphatic carbocycles. The molecule has 114 valence electrons.